The number of halogens is 1. The molecule has 3 aromatic rings. The molecule has 0 bridgehead atoms. The Morgan fingerprint density at radius 1 is 1.00 bits per heavy atom. The minimum Gasteiger partial charge on any atom is -0.281 e. The van der Waals surface area contributed by atoms with Gasteiger partial charge >= 0.3 is 0 Å². The molecule has 0 aliphatic heterocycles. The van der Waals surface area contributed by atoms with Crippen molar-refractivity contribution in [2.45, 2.75) is 0 Å². The maximum atomic E-state index is 4.17. The Bertz CT molecular complexity index is 633. The summed E-state index contributed by atoms with van der Waals surface area (Å²) in [5, 5.41) is 8.28. The van der Waals surface area contributed by atoms with Crippen LogP contribution in [0, 0.1) is 0 Å². The largest absolute Gasteiger partial charge is 0.281 e. The van der Waals surface area contributed by atoms with Crippen molar-refractivity contribution < 1.29 is 0 Å². The van der Waals surface area contributed by atoms with Crippen molar-refractivity contribution in [1.82, 2.24) is 19.6 Å². The summed E-state index contributed by atoms with van der Waals surface area (Å²) in [6, 6.07) is 7.69. The van der Waals surface area contributed by atoms with E-state index < -0.39 is 0 Å². The molecule has 0 unspecified atom stereocenters. The van der Waals surface area contributed by atoms with E-state index in [2.05, 4.69) is 31.1 Å². The molecule has 0 spiro atoms. The van der Waals surface area contributed by atoms with Crippen molar-refractivity contribution in [1.29, 1.82) is 0 Å². The number of aromatic nitrogens is 4. The fourth-order valence-electron chi connectivity index (χ4n) is 1.56. The van der Waals surface area contributed by atoms with E-state index in [0.29, 0.717) is 0 Å². The van der Waals surface area contributed by atoms with Gasteiger partial charge in [0.1, 0.15) is 0 Å². The lowest BCUT2D eigenvalue weighted by molar-refractivity contribution is 1.11. The lowest BCUT2D eigenvalue weighted by Gasteiger charge is -1.99. The van der Waals surface area contributed by atoms with Crippen LogP contribution in [0.1, 0.15) is 0 Å². The van der Waals surface area contributed by atoms with Gasteiger partial charge in [-0.3, -0.25) is 9.38 Å². The average molecular weight is 275 g/mol. The maximum Gasteiger partial charge on any atom is 0.168 e. The van der Waals surface area contributed by atoms with E-state index in [0.717, 1.165) is 21.5 Å². The molecule has 78 valence electrons. The first-order chi connectivity index (χ1) is 7.84. The summed E-state index contributed by atoms with van der Waals surface area (Å²) in [5.41, 5.74) is 1.83. The Balaban J connectivity index is 2.29. The molecule has 0 aliphatic carbocycles. The van der Waals surface area contributed by atoms with Crippen LogP contribution in [-0.4, -0.2) is 19.6 Å². The van der Waals surface area contributed by atoms with E-state index in [9.17, 15) is 0 Å². The standard InChI is InChI=1S/C11H7BrN4/c12-9-1-2-10-14-15-11(16(10)7-9)8-3-5-13-6-4-8/h1-7H. The van der Waals surface area contributed by atoms with Crippen LogP contribution in [0.25, 0.3) is 17.0 Å². The van der Waals surface area contributed by atoms with Crippen LogP contribution in [0.2, 0.25) is 0 Å². The van der Waals surface area contributed by atoms with Gasteiger partial charge in [-0.05, 0) is 40.2 Å². The van der Waals surface area contributed by atoms with Gasteiger partial charge in [0.2, 0.25) is 0 Å². The van der Waals surface area contributed by atoms with E-state index in [1.165, 1.54) is 0 Å². The SMILES string of the molecule is Brc1ccc2nnc(-c3ccncc3)n2c1. The van der Waals surface area contributed by atoms with Gasteiger partial charge < -0.3 is 0 Å². The molecule has 0 aliphatic rings. The molecule has 0 atom stereocenters. The molecular weight excluding hydrogens is 268 g/mol. The van der Waals surface area contributed by atoms with Crippen molar-refractivity contribution in [2.75, 3.05) is 0 Å². The fraction of sp³-hybridized carbons (Fsp3) is 0. The van der Waals surface area contributed by atoms with Crippen molar-refractivity contribution in [2.24, 2.45) is 0 Å². The molecule has 0 saturated heterocycles. The molecule has 3 heterocycles. The first kappa shape index (κ1) is 9.47. The van der Waals surface area contributed by atoms with Crippen LogP contribution >= 0.6 is 15.9 Å². The van der Waals surface area contributed by atoms with Gasteiger partial charge in [-0.1, -0.05) is 0 Å². The zero-order valence-corrected chi connectivity index (χ0v) is 9.79. The van der Waals surface area contributed by atoms with E-state index >= 15 is 0 Å². The van der Waals surface area contributed by atoms with Crippen LogP contribution in [0.4, 0.5) is 0 Å². The van der Waals surface area contributed by atoms with E-state index in [1.807, 2.05) is 34.9 Å². The number of rotatable bonds is 1. The molecule has 0 N–H and O–H groups in total. The lowest BCUT2D eigenvalue weighted by Crippen LogP contribution is -1.89. The minimum absolute atomic E-state index is 0.818. The molecular formula is C11H7BrN4. The Labute approximate surface area is 100 Å². The molecule has 16 heavy (non-hydrogen) atoms. The Morgan fingerprint density at radius 3 is 2.62 bits per heavy atom. The molecule has 0 saturated carbocycles. The highest BCUT2D eigenvalue weighted by Crippen LogP contribution is 2.19. The van der Waals surface area contributed by atoms with Gasteiger partial charge in [0.15, 0.2) is 11.5 Å². The first-order valence-electron chi connectivity index (χ1n) is 4.75. The van der Waals surface area contributed by atoms with Crippen LogP contribution in [0.5, 0.6) is 0 Å². The van der Waals surface area contributed by atoms with Gasteiger partial charge in [-0.25, -0.2) is 0 Å². The monoisotopic (exact) mass is 274 g/mol. The zero-order valence-electron chi connectivity index (χ0n) is 8.21. The van der Waals surface area contributed by atoms with Gasteiger partial charge in [0.25, 0.3) is 0 Å². The average Bonchev–Trinajstić information content (AvgIpc) is 2.73. The Hall–Kier alpha value is -1.75. The number of nitrogens with zero attached hydrogens (tertiary/aromatic N) is 4. The highest BCUT2D eigenvalue weighted by Gasteiger charge is 2.07. The quantitative estimate of drug-likeness (QED) is 0.685. The second-order valence-corrected chi connectivity index (χ2v) is 4.25. The Kier molecular flexibility index (Phi) is 2.18. The van der Waals surface area contributed by atoms with Crippen molar-refractivity contribution in [3.63, 3.8) is 0 Å². The summed E-state index contributed by atoms with van der Waals surface area (Å²) < 4.78 is 2.94. The summed E-state index contributed by atoms with van der Waals surface area (Å²) >= 11 is 3.44. The van der Waals surface area contributed by atoms with Gasteiger partial charge in [0.05, 0.1) is 0 Å². The minimum atomic E-state index is 0.818. The molecule has 0 aromatic carbocycles. The number of hydrogen-bond acceptors (Lipinski definition) is 3. The van der Waals surface area contributed by atoms with E-state index in [-0.39, 0.29) is 0 Å². The molecule has 0 fully saturated rings. The second kappa shape index (κ2) is 3.68. The normalized spacial score (nSPS) is 10.8. The topological polar surface area (TPSA) is 43.1 Å². The third kappa shape index (κ3) is 1.49. The van der Waals surface area contributed by atoms with E-state index in [1.54, 1.807) is 12.4 Å². The number of hydrogen-bond donors (Lipinski definition) is 0. The zero-order chi connectivity index (χ0) is 11.0. The molecule has 3 rings (SSSR count). The van der Waals surface area contributed by atoms with Crippen LogP contribution in [0.3, 0.4) is 0 Å². The summed E-state index contributed by atoms with van der Waals surface area (Å²) in [5.74, 6) is 0.818. The summed E-state index contributed by atoms with van der Waals surface area (Å²) in [6.07, 6.45) is 5.44. The highest BCUT2D eigenvalue weighted by atomic mass is 79.9. The van der Waals surface area contributed by atoms with Crippen molar-refractivity contribution >= 4 is 21.6 Å². The predicted molar refractivity (Wildman–Crippen MR) is 63.9 cm³/mol. The summed E-state index contributed by atoms with van der Waals surface area (Å²) in [6.45, 7) is 0. The number of fused-ring (bicyclic) bond motifs is 1. The van der Waals surface area contributed by atoms with Gasteiger partial charge in [-0.15, -0.1) is 10.2 Å². The van der Waals surface area contributed by atoms with Crippen LogP contribution in [0.15, 0.2) is 47.3 Å². The molecule has 0 amide bonds. The molecule has 3 aromatic heterocycles. The molecule has 4 nitrogen and oxygen atoms in total. The predicted octanol–water partition coefficient (Wildman–Crippen LogP) is 2.55. The van der Waals surface area contributed by atoms with Crippen LogP contribution in [-0.2, 0) is 0 Å². The molecule has 0 radical (unpaired) electrons. The maximum absolute atomic E-state index is 4.17. The Morgan fingerprint density at radius 2 is 1.81 bits per heavy atom. The summed E-state index contributed by atoms with van der Waals surface area (Å²) in [4.78, 5) is 3.99. The lowest BCUT2D eigenvalue weighted by atomic mass is 10.2. The fourth-order valence-corrected chi connectivity index (χ4v) is 1.90. The van der Waals surface area contributed by atoms with E-state index in [4.69, 9.17) is 0 Å². The third-order valence-corrected chi connectivity index (χ3v) is 2.77. The van der Waals surface area contributed by atoms with Crippen molar-refractivity contribution in [3.8, 4) is 11.4 Å². The van der Waals surface area contributed by atoms with Crippen LogP contribution < -0.4 is 0 Å². The van der Waals surface area contributed by atoms with Crippen molar-refractivity contribution in [3.05, 3.63) is 47.3 Å². The smallest absolute Gasteiger partial charge is 0.168 e. The highest BCUT2D eigenvalue weighted by molar-refractivity contribution is 9.10. The van der Waals surface area contributed by atoms with Gasteiger partial charge in [0, 0.05) is 28.6 Å². The first-order valence-corrected chi connectivity index (χ1v) is 5.54. The number of pyridine rings is 2. The second-order valence-electron chi connectivity index (χ2n) is 3.34. The van der Waals surface area contributed by atoms with Gasteiger partial charge in [-0.2, -0.15) is 0 Å². The summed E-state index contributed by atoms with van der Waals surface area (Å²) in [7, 11) is 0. The third-order valence-electron chi connectivity index (χ3n) is 2.30. The molecule has 5 heteroatoms.